The van der Waals surface area contributed by atoms with Gasteiger partial charge in [0.05, 0.1) is 6.42 Å². The minimum absolute atomic E-state index is 0.573. The quantitative estimate of drug-likeness (QED) is 0.641. The van der Waals surface area contributed by atoms with Gasteiger partial charge in [-0.1, -0.05) is 5.21 Å². The summed E-state index contributed by atoms with van der Waals surface area (Å²) in [5.41, 5.74) is 0. The normalized spacial score (nSPS) is 15.8. The number of tetrazole rings is 1. The van der Waals surface area contributed by atoms with E-state index in [1.807, 2.05) is 0 Å². The molecule has 2 aromatic heterocycles. The zero-order valence-electron chi connectivity index (χ0n) is 8.72. The monoisotopic (exact) mass is 220 g/mol. The Morgan fingerprint density at radius 3 is 3.06 bits per heavy atom. The van der Waals surface area contributed by atoms with Gasteiger partial charge < -0.3 is 9.88 Å². The Labute approximate surface area is 91.5 Å². The average molecular weight is 220 g/mol. The summed E-state index contributed by atoms with van der Waals surface area (Å²) in [5.74, 6) is 2.58. The van der Waals surface area contributed by atoms with Crippen molar-refractivity contribution in [3.63, 3.8) is 0 Å². The first-order valence-corrected chi connectivity index (χ1v) is 5.27. The molecule has 8 heteroatoms. The van der Waals surface area contributed by atoms with Gasteiger partial charge in [-0.25, -0.2) is 0 Å². The minimum Gasteiger partial charge on any atom is -0.315 e. The molecule has 0 amide bonds. The Hall–Kier alpha value is -1.83. The molecule has 16 heavy (non-hydrogen) atoms. The maximum absolute atomic E-state index is 4.18. The Kier molecular flexibility index (Phi) is 2.33. The number of nitrogens with zero attached hydrogens (tertiary/aromatic N) is 6. The van der Waals surface area contributed by atoms with E-state index in [0.717, 1.165) is 37.7 Å². The van der Waals surface area contributed by atoms with Crippen molar-refractivity contribution in [2.24, 2.45) is 0 Å². The molecule has 0 fully saturated rings. The molecule has 0 radical (unpaired) electrons. The molecule has 3 rings (SSSR count). The van der Waals surface area contributed by atoms with Crippen LogP contribution in [0.3, 0.4) is 0 Å². The number of fused-ring (bicyclic) bond motifs is 1. The first-order chi connectivity index (χ1) is 7.93. The van der Waals surface area contributed by atoms with Crippen LogP contribution in [0.1, 0.15) is 17.5 Å². The molecule has 84 valence electrons. The van der Waals surface area contributed by atoms with Crippen LogP contribution in [0.15, 0.2) is 0 Å². The van der Waals surface area contributed by atoms with E-state index in [1.165, 1.54) is 0 Å². The fourth-order valence-electron chi connectivity index (χ4n) is 1.86. The summed E-state index contributed by atoms with van der Waals surface area (Å²) in [6.07, 6.45) is 1.49. The lowest BCUT2D eigenvalue weighted by Crippen LogP contribution is -2.18. The molecule has 8 nitrogen and oxygen atoms in total. The smallest absolute Gasteiger partial charge is 0.182 e. The average Bonchev–Trinajstić information content (AvgIpc) is 2.86. The summed E-state index contributed by atoms with van der Waals surface area (Å²) in [5, 5.41) is 25.5. The van der Waals surface area contributed by atoms with Crippen LogP contribution in [0, 0.1) is 0 Å². The topological polar surface area (TPSA) is 97.2 Å². The van der Waals surface area contributed by atoms with Crippen molar-refractivity contribution in [1.29, 1.82) is 0 Å². The van der Waals surface area contributed by atoms with E-state index in [2.05, 4.69) is 40.7 Å². The van der Waals surface area contributed by atoms with E-state index in [-0.39, 0.29) is 0 Å². The van der Waals surface area contributed by atoms with Gasteiger partial charge >= 0.3 is 0 Å². The second kappa shape index (κ2) is 3.97. The third-order valence-electron chi connectivity index (χ3n) is 2.65. The maximum Gasteiger partial charge on any atom is 0.182 e. The number of aromatic nitrogens is 7. The van der Waals surface area contributed by atoms with Crippen molar-refractivity contribution in [2.75, 3.05) is 13.1 Å². The SMILES string of the molecule is C1Cc2nnc(Cc3nn[nH]n3)n2CCN1. The van der Waals surface area contributed by atoms with Crippen molar-refractivity contribution in [1.82, 2.24) is 40.7 Å². The van der Waals surface area contributed by atoms with Crippen molar-refractivity contribution in [2.45, 2.75) is 19.4 Å². The van der Waals surface area contributed by atoms with Crippen molar-refractivity contribution in [3.05, 3.63) is 17.5 Å². The van der Waals surface area contributed by atoms with Crippen LogP contribution in [0.4, 0.5) is 0 Å². The Bertz CT molecular complexity index is 458. The second-order valence-corrected chi connectivity index (χ2v) is 3.69. The van der Waals surface area contributed by atoms with Crippen molar-refractivity contribution in [3.8, 4) is 0 Å². The summed E-state index contributed by atoms with van der Waals surface area (Å²) in [6.45, 7) is 2.81. The maximum atomic E-state index is 4.18. The van der Waals surface area contributed by atoms with Crippen LogP contribution in [0.25, 0.3) is 0 Å². The summed E-state index contributed by atoms with van der Waals surface area (Å²) in [4.78, 5) is 0. The number of nitrogens with one attached hydrogen (secondary N) is 2. The van der Waals surface area contributed by atoms with Gasteiger partial charge in [-0.05, 0) is 0 Å². The lowest BCUT2D eigenvalue weighted by Gasteiger charge is -2.04. The predicted octanol–water partition coefficient (Wildman–Crippen LogP) is -1.47. The molecule has 3 heterocycles. The molecule has 0 atom stereocenters. The zero-order valence-corrected chi connectivity index (χ0v) is 8.72. The van der Waals surface area contributed by atoms with Gasteiger partial charge in [0.2, 0.25) is 0 Å². The van der Waals surface area contributed by atoms with Crippen molar-refractivity contribution < 1.29 is 0 Å². The van der Waals surface area contributed by atoms with Crippen LogP contribution in [-0.2, 0) is 19.4 Å². The van der Waals surface area contributed by atoms with Crippen LogP contribution in [-0.4, -0.2) is 48.5 Å². The van der Waals surface area contributed by atoms with E-state index in [4.69, 9.17) is 0 Å². The van der Waals surface area contributed by atoms with E-state index in [9.17, 15) is 0 Å². The molecule has 1 aliphatic rings. The van der Waals surface area contributed by atoms with Crippen molar-refractivity contribution >= 4 is 0 Å². The van der Waals surface area contributed by atoms with Crippen LogP contribution < -0.4 is 5.32 Å². The molecule has 1 aliphatic heterocycles. The Morgan fingerprint density at radius 2 is 2.19 bits per heavy atom. The van der Waals surface area contributed by atoms with Gasteiger partial charge in [-0.2, -0.15) is 5.21 Å². The highest BCUT2D eigenvalue weighted by molar-refractivity contribution is 5.03. The number of hydrogen-bond donors (Lipinski definition) is 2. The molecule has 0 aromatic carbocycles. The Balaban J connectivity index is 1.87. The summed E-state index contributed by atoms with van der Waals surface area (Å²) in [6, 6.07) is 0. The number of aromatic amines is 1. The number of H-pyrrole nitrogens is 1. The summed E-state index contributed by atoms with van der Waals surface area (Å²) >= 11 is 0. The van der Waals surface area contributed by atoms with E-state index in [0.29, 0.717) is 12.2 Å². The largest absolute Gasteiger partial charge is 0.315 e. The molecule has 0 saturated carbocycles. The fourth-order valence-corrected chi connectivity index (χ4v) is 1.86. The highest BCUT2D eigenvalue weighted by Crippen LogP contribution is 2.07. The molecule has 0 aliphatic carbocycles. The molecule has 0 bridgehead atoms. The molecular formula is C8H12N8. The predicted molar refractivity (Wildman–Crippen MR) is 53.6 cm³/mol. The van der Waals surface area contributed by atoms with E-state index < -0.39 is 0 Å². The molecule has 2 N–H and O–H groups in total. The number of rotatable bonds is 2. The molecule has 0 saturated heterocycles. The van der Waals surface area contributed by atoms with Gasteiger partial charge in [-0.3, -0.25) is 0 Å². The third-order valence-corrected chi connectivity index (χ3v) is 2.65. The minimum atomic E-state index is 0.573. The molecular weight excluding hydrogens is 208 g/mol. The third kappa shape index (κ3) is 1.67. The van der Waals surface area contributed by atoms with Crippen LogP contribution >= 0.6 is 0 Å². The lowest BCUT2D eigenvalue weighted by atomic mass is 10.3. The number of hydrogen-bond acceptors (Lipinski definition) is 6. The highest BCUT2D eigenvalue weighted by atomic mass is 15.5. The second-order valence-electron chi connectivity index (χ2n) is 3.69. The highest BCUT2D eigenvalue weighted by Gasteiger charge is 2.15. The molecule has 0 spiro atoms. The van der Waals surface area contributed by atoms with E-state index in [1.54, 1.807) is 0 Å². The lowest BCUT2D eigenvalue weighted by molar-refractivity contribution is 0.620. The molecule has 0 unspecified atom stereocenters. The van der Waals surface area contributed by atoms with Gasteiger partial charge in [0.15, 0.2) is 5.82 Å². The first-order valence-electron chi connectivity index (χ1n) is 5.27. The van der Waals surface area contributed by atoms with Gasteiger partial charge in [-0.15, -0.1) is 20.4 Å². The van der Waals surface area contributed by atoms with Crippen LogP contribution in [0.5, 0.6) is 0 Å². The fraction of sp³-hybridized carbons (Fsp3) is 0.625. The first kappa shape index (κ1) is 9.40. The Morgan fingerprint density at radius 1 is 1.19 bits per heavy atom. The van der Waals surface area contributed by atoms with Gasteiger partial charge in [0.1, 0.15) is 11.6 Å². The van der Waals surface area contributed by atoms with Gasteiger partial charge in [0, 0.05) is 26.1 Å². The van der Waals surface area contributed by atoms with E-state index >= 15 is 0 Å². The standard InChI is InChI=1S/C8H12N8/c1-2-9-3-4-16-7(1)12-13-8(16)5-6-10-14-15-11-6/h9H,1-5H2,(H,10,11,14,15). The molecule has 2 aromatic rings. The summed E-state index contributed by atoms with van der Waals surface area (Å²) < 4.78 is 2.14. The zero-order chi connectivity index (χ0) is 10.8. The van der Waals surface area contributed by atoms with Crippen LogP contribution in [0.2, 0.25) is 0 Å². The van der Waals surface area contributed by atoms with Gasteiger partial charge in [0.25, 0.3) is 0 Å². The summed E-state index contributed by atoms with van der Waals surface area (Å²) in [7, 11) is 0.